The van der Waals surface area contributed by atoms with Gasteiger partial charge in [0.15, 0.2) is 5.69 Å². The molecule has 0 aliphatic carbocycles. The van der Waals surface area contributed by atoms with E-state index in [1.54, 1.807) is 17.0 Å². The van der Waals surface area contributed by atoms with E-state index in [4.69, 9.17) is 0 Å². The van der Waals surface area contributed by atoms with E-state index in [0.29, 0.717) is 30.8 Å². The number of halogens is 1. The fraction of sp³-hybridized carbons (Fsp3) is 0.312. The third-order valence-corrected chi connectivity index (χ3v) is 3.88. The van der Waals surface area contributed by atoms with Crippen LogP contribution in [-0.4, -0.2) is 40.0 Å². The van der Waals surface area contributed by atoms with Gasteiger partial charge in [0.2, 0.25) is 0 Å². The molecule has 2 aromatic rings. The molecule has 1 aliphatic rings. The zero-order valence-corrected chi connectivity index (χ0v) is 12.7. The second kappa shape index (κ2) is 6.20. The summed E-state index contributed by atoms with van der Waals surface area (Å²) in [6, 6.07) is 5.90. The van der Waals surface area contributed by atoms with E-state index >= 15 is 0 Å². The van der Waals surface area contributed by atoms with Gasteiger partial charge in [-0.3, -0.25) is 14.7 Å². The van der Waals surface area contributed by atoms with E-state index in [9.17, 15) is 14.0 Å². The number of fused-ring (bicyclic) bond motifs is 1. The highest BCUT2D eigenvalue weighted by Gasteiger charge is 2.28. The van der Waals surface area contributed by atoms with Gasteiger partial charge in [0.25, 0.3) is 11.8 Å². The van der Waals surface area contributed by atoms with Crippen molar-refractivity contribution < 1.29 is 14.0 Å². The summed E-state index contributed by atoms with van der Waals surface area (Å²) in [5, 5.41) is 9.60. The van der Waals surface area contributed by atoms with E-state index < -0.39 is 5.82 Å². The average molecular weight is 316 g/mol. The van der Waals surface area contributed by atoms with Crippen molar-refractivity contribution in [1.82, 2.24) is 20.4 Å². The Kier molecular flexibility index (Phi) is 4.10. The molecular formula is C16H17FN4O2. The highest BCUT2D eigenvalue weighted by Crippen LogP contribution is 2.22. The van der Waals surface area contributed by atoms with Crippen molar-refractivity contribution in [2.45, 2.75) is 19.9 Å². The number of nitrogens with one attached hydrogen (secondary N) is 2. The Morgan fingerprint density at radius 1 is 1.39 bits per heavy atom. The normalized spacial score (nSPS) is 13.6. The highest BCUT2D eigenvalue weighted by molar-refractivity contribution is 5.96. The fourth-order valence-electron chi connectivity index (χ4n) is 2.71. The van der Waals surface area contributed by atoms with Crippen LogP contribution in [-0.2, 0) is 13.0 Å². The van der Waals surface area contributed by atoms with Gasteiger partial charge in [-0.25, -0.2) is 4.39 Å². The van der Waals surface area contributed by atoms with Crippen LogP contribution < -0.4 is 5.32 Å². The van der Waals surface area contributed by atoms with Crippen molar-refractivity contribution in [3.8, 4) is 0 Å². The van der Waals surface area contributed by atoms with Crippen molar-refractivity contribution in [2.75, 3.05) is 13.1 Å². The van der Waals surface area contributed by atoms with Gasteiger partial charge < -0.3 is 10.2 Å². The molecule has 2 heterocycles. The molecule has 1 aliphatic heterocycles. The molecule has 0 unspecified atom stereocenters. The van der Waals surface area contributed by atoms with Crippen molar-refractivity contribution in [3.05, 3.63) is 52.6 Å². The number of aromatic nitrogens is 2. The summed E-state index contributed by atoms with van der Waals surface area (Å²) in [5.41, 5.74) is 1.89. The monoisotopic (exact) mass is 316 g/mol. The lowest BCUT2D eigenvalue weighted by Gasteiger charge is -2.27. The van der Waals surface area contributed by atoms with Crippen LogP contribution in [0.1, 0.15) is 39.0 Å². The second-order valence-electron chi connectivity index (χ2n) is 5.35. The van der Waals surface area contributed by atoms with E-state index in [1.807, 2.05) is 6.92 Å². The Labute approximate surface area is 132 Å². The smallest absolute Gasteiger partial charge is 0.272 e. The number of amides is 2. The second-order valence-corrected chi connectivity index (χ2v) is 5.35. The fourth-order valence-corrected chi connectivity index (χ4v) is 2.71. The average Bonchev–Trinajstić information content (AvgIpc) is 2.98. The third-order valence-electron chi connectivity index (χ3n) is 3.88. The Morgan fingerprint density at radius 3 is 2.91 bits per heavy atom. The number of aromatic amines is 1. The number of hydrogen-bond donors (Lipinski definition) is 2. The number of carbonyl (C=O) groups is 2. The molecule has 0 spiro atoms. The van der Waals surface area contributed by atoms with Gasteiger partial charge in [-0.2, -0.15) is 5.10 Å². The Balaban J connectivity index is 1.85. The van der Waals surface area contributed by atoms with E-state index in [-0.39, 0.29) is 23.9 Å². The molecule has 1 aromatic heterocycles. The molecule has 0 fully saturated rings. The summed E-state index contributed by atoms with van der Waals surface area (Å²) in [6.45, 7) is 3.02. The molecular weight excluding hydrogens is 299 g/mol. The van der Waals surface area contributed by atoms with E-state index in [0.717, 1.165) is 5.69 Å². The summed E-state index contributed by atoms with van der Waals surface area (Å²) in [7, 11) is 0. The number of carbonyl (C=O) groups excluding carboxylic acids is 2. The van der Waals surface area contributed by atoms with Crippen molar-refractivity contribution in [2.24, 2.45) is 0 Å². The Morgan fingerprint density at radius 2 is 2.17 bits per heavy atom. The summed E-state index contributed by atoms with van der Waals surface area (Å²) in [5.74, 6) is -1.19. The Bertz CT molecular complexity index is 756. The first-order valence-electron chi connectivity index (χ1n) is 7.50. The molecule has 0 saturated carbocycles. The van der Waals surface area contributed by atoms with Crippen molar-refractivity contribution in [1.29, 1.82) is 0 Å². The molecule has 120 valence electrons. The van der Waals surface area contributed by atoms with Gasteiger partial charge in [0, 0.05) is 30.8 Å². The minimum atomic E-state index is -0.542. The molecule has 23 heavy (non-hydrogen) atoms. The lowest BCUT2D eigenvalue weighted by Crippen LogP contribution is -2.37. The van der Waals surface area contributed by atoms with Gasteiger partial charge in [-0.1, -0.05) is 12.1 Å². The van der Waals surface area contributed by atoms with Gasteiger partial charge in [0.05, 0.1) is 12.1 Å². The quantitative estimate of drug-likeness (QED) is 0.901. The third kappa shape index (κ3) is 2.81. The van der Waals surface area contributed by atoms with Gasteiger partial charge >= 0.3 is 0 Å². The maximum Gasteiger partial charge on any atom is 0.272 e. The summed E-state index contributed by atoms with van der Waals surface area (Å²) in [4.78, 5) is 26.1. The molecule has 0 radical (unpaired) electrons. The van der Waals surface area contributed by atoms with Crippen LogP contribution in [0.2, 0.25) is 0 Å². The Hall–Kier alpha value is -2.70. The molecule has 7 heteroatoms. The predicted octanol–water partition coefficient (Wildman–Crippen LogP) is 1.50. The van der Waals surface area contributed by atoms with Crippen LogP contribution in [0.5, 0.6) is 0 Å². The molecule has 0 saturated heterocycles. The maximum absolute atomic E-state index is 13.8. The first kappa shape index (κ1) is 15.2. The van der Waals surface area contributed by atoms with Crippen LogP contribution in [0.4, 0.5) is 4.39 Å². The summed E-state index contributed by atoms with van der Waals surface area (Å²) >= 11 is 0. The highest BCUT2D eigenvalue weighted by atomic mass is 19.1. The number of rotatable bonds is 3. The molecule has 0 bridgehead atoms. The van der Waals surface area contributed by atoms with Gasteiger partial charge in [-0.05, 0) is 19.1 Å². The molecule has 3 rings (SSSR count). The number of benzene rings is 1. The zero-order valence-electron chi connectivity index (χ0n) is 12.7. The van der Waals surface area contributed by atoms with Crippen molar-refractivity contribution >= 4 is 11.8 Å². The standard InChI is InChI=1S/C16H17FN4O2/c1-2-18-15(22)14-11-9-21(8-7-13(11)19-20-14)16(23)10-5-3-4-6-12(10)17/h3-6H,2,7-9H2,1H3,(H,18,22)(H,19,20). The first-order valence-corrected chi connectivity index (χ1v) is 7.50. The van der Waals surface area contributed by atoms with Crippen LogP contribution in [0.3, 0.4) is 0 Å². The number of nitrogens with zero attached hydrogens (tertiary/aromatic N) is 2. The lowest BCUT2D eigenvalue weighted by molar-refractivity contribution is 0.0726. The van der Waals surface area contributed by atoms with E-state index in [1.165, 1.54) is 12.1 Å². The zero-order chi connectivity index (χ0) is 16.4. The summed E-state index contributed by atoms with van der Waals surface area (Å²) in [6.07, 6.45) is 0.557. The molecule has 6 nitrogen and oxygen atoms in total. The minimum absolute atomic E-state index is 0.0407. The maximum atomic E-state index is 13.8. The van der Waals surface area contributed by atoms with Crippen LogP contribution in [0, 0.1) is 5.82 Å². The van der Waals surface area contributed by atoms with Gasteiger partial charge in [-0.15, -0.1) is 0 Å². The minimum Gasteiger partial charge on any atom is -0.351 e. The lowest BCUT2D eigenvalue weighted by atomic mass is 10.0. The first-order chi connectivity index (χ1) is 11.1. The van der Waals surface area contributed by atoms with Crippen molar-refractivity contribution in [3.63, 3.8) is 0 Å². The van der Waals surface area contributed by atoms with Crippen LogP contribution in [0.25, 0.3) is 0 Å². The molecule has 1 aromatic carbocycles. The SMILES string of the molecule is CCNC(=O)c1n[nH]c2c1CN(C(=O)c1ccccc1F)CC2. The van der Waals surface area contributed by atoms with Crippen LogP contribution >= 0.6 is 0 Å². The number of H-pyrrole nitrogens is 1. The largest absolute Gasteiger partial charge is 0.351 e. The van der Waals surface area contributed by atoms with E-state index in [2.05, 4.69) is 15.5 Å². The van der Waals surface area contributed by atoms with Gasteiger partial charge in [0.1, 0.15) is 5.82 Å². The molecule has 0 atom stereocenters. The molecule has 2 N–H and O–H groups in total. The molecule has 2 amide bonds. The topological polar surface area (TPSA) is 78.1 Å². The number of hydrogen-bond acceptors (Lipinski definition) is 3. The predicted molar refractivity (Wildman–Crippen MR) is 81.4 cm³/mol. The van der Waals surface area contributed by atoms with Crippen LogP contribution in [0.15, 0.2) is 24.3 Å². The summed E-state index contributed by atoms with van der Waals surface area (Å²) < 4.78 is 13.8.